The minimum atomic E-state index is -3.53. The van der Waals surface area contributed by atoms with Crippen molar-refractivity contribution in [1.29, 1.82) is 0 Å². The maximum absolute atomic E-state index is 11.9. The number of ether oxygens (including phenoxy) is 2. The molecule has 0 amide bonds. The van der Waals surface area contributed by atoms with Gasteiger partial charge in [-0.05, 0) is 12.1 Å². The minimum Gasteiger partial charge on any atom is -0.408 e. The fraction of sp³-hybridized carbons (Fsp3) is 0.417. The molecule has 0 aliphatic rings. The Balaban J connectivity index is 1.96. The largest absolute Gasteiger partial charge is 0.417 e. The van der Waals surface area contributed by atoms with Crippen molar-refractivity contribution < 1.29 is 22.3 Å². The molecule has 1 heterocycles. The van der Waals surface area contributed by atoms with Crippen molar-refractivity contribution in [3.63, 3.8) is 0 Å². The second kappa shape index (κ2) is 6.74. The number of hydrogen-bond donors (Lipinski definition) is 2. The van der Waals surface area contributed by atoms with Gasteiger partial charge in [-0.25, -0.2) is 13.2 Å². The second-order valence-electron chi connectivity index (χ2n) is 4.25. The normalized spacial score (nSPS) is 11.9. The summed E-state index contributed by atoms with van der Waals surface area (Å²) in [6.07, 6.45) is 0. The van der Waals surface area contributed by atoms with Crippen LogP contribution in [0.25, 0.3) is 11.1 Å². The third kappa shape index (κ3) is 4.59. The zero-order valence-corrected chi connectivity index (χ0v) is 12.2. The Hall–Kier alpha value is -1.84. The van der Waals surface area contributed by atoms with Crippen LogP contribution in [-0.2, 0) is 19.5 Å². The molecule has 0 atom stereocenters. The summed E-state index contributed by atoms with van der Waals surface area (Å²) in [5, 5.41) is 0. The van der Waals surface area contributed by atoms with E-state index in [0.717, 1.165) is 0 Å². The first kappa shape index (κ1) is 15.5. The standard InChI is InChI=1S/C12H16N2O6S/c1-18-4-5-19-6-7-21(16,17)14-9-2-3-10-11(8-9)20-12(15)13-10/h2-3,8,14H,4-7H2,1H3,(H,13,15). The molecule has 0 bridgehead atoms. The van der Waals surface area contributed by atoms with E-state index in [-0.39, 0.29) is 17.9 Å². The molecule has 0 fully saturated rings. The SMILES string of the molecule is COCCOCCS(=O)(=O)Nc1ccc2[nH]c(=O)oc2c1. The van der Waals surface area contributed by atoms with Crippen molar-refractivity contribution in [2.24, 2.45) is 0 Å². The fourth-order valence-electron chi connectivity index (χ4n) is 1.65. The molecule has 0 aliphatic heterocycles. The molecule has 1 aromatic heterocycles. The second-order valence-corrected chi connectivity index (χ2v) is 6.09. The summed E-state index contributed by atoms with van der Waals surface area (Å²) < 4.78 is 40.9. The average molecular weight is 316 g/mol. The minimum absolute atomic E-state index is 0.0696. The first-order valence-electron chi connectivity index (χ1n) is 6.20. The van der Waals surface area contributed by atoms with Crippen molar-refractivity contribution in [3.05, 3.63) is 28.7 Å². The van der Waals surface area contributed by atoms with Crippen LogP contribution in [0.2, 0.25) is 0 Å². The molecule has 0 spiro atoms. The predicted octanol–water partition coefficient (Wildman–Crippen LogP) is 0.526. The number of aromatic nitrogens is 1. The van der Waals surface area contributed by atoms with E-state index in [9.17, 15) is 13.2 Å². The molecular weight excluding hydrogens is 300 g/mol. The average Bonchev–Trinajstić information content (AvgIpc) is 2.77. The Morgan fingerprint density at radius 1 is 1.29 bits per heavy atom. The summed E-state index contributed by atoms with van der Waals surface area (Å²) in [5.74, 6) is -0.761. The van der Waals surface area contributed by atoms with E-state index in [1.165, 1.54) is 19.2 Å². The maximum Gasteiger partial charge on any atom is 0.417 e. The van der Waals surface area contributed by atoms with Crippen molar-refractivity contribution in [3.8, 4) is 0 Å². The van der Waals surface area contributed by atoms with Gasteiger partial charge in [0.25, 0.3) is 0 Å². The maximum atomic E-state index is 11.9. The van der Waals surface area contributed by atoms with Crippen molar-refractivity contribution in [2.45, 2.75) is 0 Å². The number of sulfonamides is 1. The smallest absolute Gasteiger partial charge is 0.408 e. The van der Waals surface area contributed by atoms with Gasteiger partial charge in [0, 0.05) is 13.2 Å². The quantitative estimate of drug-likeness (QED) is 0.687. The van der Waals surface area contributed by atoms with Crippen molar-refractivity contribution in [2.75, 3.05) is 37.4 Å². The summed E-state index contributed by atoms with van der Waals surface area (Å²) in [6, 6.07) is 4.54. The molecule has 0 saturated heterocycles. The fourth-order valence-corrected chi connectivity index (χ4v) is 2.58. The number of methoxy groups -OCH3 is 1. The van der Waals surface area contributed by atoms with E-state index in [2.05, 4.69) is 9.71 Å². The zero-order chi connectivity index (χ0) is 15.3. The van der Waals surface area contributed by atoms with Gasteiger partial charge in [0.05, 0.1) is 36.8 Å². The van der Waals surface area contributed by atoms with Crippen LogP contribution in [-0.4, -0.2) is 46.1 Å². The Morgan fingerprint density at radius 3 is 2.86 bits per heavy atom. The first-order chi connectivity index (χ1) is 10.00. The number of aromatic amines is 1. The van der Waals surface area contributed by atoms with E-state index >= 15 is 0 Å². The molecule has 2 rings (SSSR count). The number of oxazole rings is 1. The Kier molecular flexibility index (Phi) is 4.99. The van der Waals surface area contributed by atoms with E-state index in [1.807, 2.05) is 0 Å². The number of H-pyrrole nitrogens is 1. The Bertz CT molecular complexity index is 748. The van der Waals surface area contributed by atoms with Gasteiger partial charge in [0.1, 0.15) is 0 Å². The van der Waals surface area contributed by atoms with Gasteiger partial charge in [0.15, 0.2) is 5.58 Å². The summed E-state index contributed by atoms with van der Waals surface area (Å²) in [7, 11) is -1.99. The molecular formula is C12H16N2O6S. The van der Waals surface area contributed by atoms with Crippen LogP contribution in [0.4, 0.5) is 5.69 Å². The molecule has 1 aromatic carbocycles. The van der Waals surface area contributed by atoms with Crippen molar-refractivity contribution in [1.82, 2.24) is 4.98 Å². The molecule has 2 N–H and O–H groups in total. The molecule has 0 aliphatic carbocycles. The monoisotopic (exact) mass is 316 g/mol. The molecule has 0 saturated carbocycles. The van der Waals surface area contributed by atoms with Gasteiger partial charge in [-0.3, -0.25) is 9.71 Å². The first-order valence-corrected chi connectivity index (χ1v) is 7.85. The highest BCUT2D eigenvalue weighted by molar-refractivity contribution is 7.92. The number of anilines is 1. The third-order valence-electron chi connectivity index (χ3n) is 2.62. The summed E-state index contributed by atoms with van der Waals surface area (Å²) in [5.41, 5.74) is 1.12. The Morgan fingerprint density at radius 2 is 2.10 bits per heavy atom. The number of fused-ring (bicyclic) bond motifs is 1. The highest BCUT2D eigenvalue weighted by atomic mass is 32.2. The number of benzene rings is 1. The van der Waals surface area contributed by atoms with E-state index in [4.69, 9.17) is 13.9 Å². The number of rotatable bonds is 8. The Labute approximate surface area is 121 Å². The topological polar surface area (TPSA) is 111 Å². The van der Waals surface area contributed by atoms with Gasteiger partial charge in [-0.1, -0.05) is 0 Å². The van der Waals surface area contributed by atoms with Crippen LogP contribution < -0.4 is 10.5 Å². The third-order valence-corrected chi connectivity index (χ3v) is 3.87. The zero-order valence-electron chi connectivity index (χ0n) is 11.4. The summed E-state index contributed by atoms with van der Waals surface area (Å²) >= 11 is 0. The van der Waals surface area contributed by atoms with E-state index in [1.54, 1.807) is 6.07 Å². The van der Waals surface area contributed by atoms with Crippen LogP contribution in [0.1, 0.15) is 0 Å². The van der Waals surface area contributed by atoms with Gasteiger partial charge in [-0.15, -0.1) is 0 Å². The lowest BCUT2D eigenvalue weighted by Crippen LogP contribution is -2.20. The number of hydrogen-bond acceptors (Lipinski definition) is 6. The molecule has 0 unspecified atom stereocenters. The summed E-state index contributed by atoms with van der Waals surface area (Å²) in [4.78, 5) is 13.5. The van der Waals surface area contributed by atoms with Crippen molar-refractivity contribution >= 4 is 26.8 Å². The summed E-state index contributed by atoms with van der Waals surface area (Å²) in [6.45, 7) is 0.823. The van der Waals surface area contributed by atoms with Gasteiger partial charge in [0.2, 0.25) is 10.0 Å². The molecule has 9 heteroatoms. The predicted molar refractivity (Wildman–Crippen MR) is 76.9 cm³/mol. The molecule has 0 radical (unpaired) electrons. The van der Waals surface area contributed by atoms with E-state index in [0.29, 0.717) is 24.4 Å². The van der Waals surface area contributed by atoms with Gasteiger partial charge in [-0.2, -0.15) is 0 Å². The van der Waals surface area contributed by atoms with Gasteiger partial charge >= 0.3 is 5.76 Å². The van der Waals surface area contributed by atoms with Crippen LogP contribution in [0, 0.1) is 0 Å². The molecule has 8 nitrogen and oxygen atoms in total. The molecule has 21 heavy (non-hydrogen) atoms. The molecule has 116 valence electrons. The lowest BCUT2D eigenvalue weighted by atomic mass is 10.3. The van der Waals surface area contributed by atoms with Gasteiger partial charge < -0.3 is 13.9 Å². The lowest BCUT2D eigenvalue weighted by molar-refractivity contribution is 0.0785. The van der Waals surface area contributed by atoms with Crippen LogP contribution in [0.5, 0.6) is 0 Å². The van der Waals surface area contributed by atoms with Crippen LogP contribution in [0.3, 0.4) is 0 Å². The highest BCUT2D eigenvalue weighted by Crippen LogP contribution is 2.17. The molecule has 2 aromatic rings. The lowest BCUT2D eigenvalue weighted by Gasteiger charge is -2.08. The van der Waals surface area contributed by atoms with E-state index < -0.39 is 15.8 Å². The highest BCUT2D eigenvalue weighted by Gasteiger charge is 2.11. The number of nitrogens with one attached hydrogen (secondary N) is 2. The van der Waals surface area contributed by atoms with Crippen LogP contribution >= 0.6 is 0 Å². The van der Waals surface area contributed by atoms with Crippen LogP contribution in [0.15, 0.2) is 27.4 Å².